The Morgan fingerprint density at radius 1 is 1.26 bits per heavy atom. The molecule has 0 saturated heterocycles. The largest absolute Gasteiger partial charge is 0.494 e. The Morgan fingerprint density at radius 2 is 2.08 bits per heavy atom. The van der Waals surface area contributed by atoms with E-state index in [1.807, 2.05) is 35.8 Å². The number of fused-ring (bicyclic) bond motifs is 1. The minimum absolute atomic E-state index is 0.249. The summed E-state index contributed by atoms with van der Waals surface area (Å²) in [6.45, 7) is 4.34. The van der Waals surface area contributed by atoms with Gasteiger partial charge in [0.2, 0.25) is 5.88 Å². The summed E-state index contributed by atoms with van der Waals surface area (Å²) < 4.78 is 13.9. The molecule has 5 rings (SSSR count). The molecule has 4 aromatic rings. The summed E-state index contributed by atoms with van der Waals surface area (Å²) >= 11 is 6.72. The summed E-state index contributed by atoms with van der Waals surface area (Å²) in [5.74, 6) is 0.170. The number of aromatic nitrogens is 4. The van der Waals surface area contributed by atoms with E-state index in [2.05, 4.69) is 16.0 Å². The zero-order chi connectivity index (χ0) is 26.9. The maximum Gasteiger partial charge on any atom is 0.306 e. The Bertz CT molecular complexity index is 1560. The molecule has 1 unspecified atom stereocenters. The maximum absolute atomic E-state index is 11.1. The predicted octanol–water partition coefficient (Wildman–Crippen LogP) is 5.49. The van der Waals surface area contributed by atoms with Crippen molar-refractivity contribution < 1.29 is 19.4 Å². The average molecular weight is 532 g/mol. The molecule has 2 aromatic heterocycles. The predicted molar refractivity (Wildman–Crippen MR) is 141 cm³/mol. The summed E-state index contributed by atoms with van der Waals surface area (Å²) in [5, 5.41) is 18.8. The van der Waals surface area contributed by atoms with Crippen LogP contribution in [0.1, 0.15) is 44.2 Å². The number of hydrogen-bond acceptors (Lipinski definition) is 7. The molecule has 9 nitrogen and oxygen atoms in total. The van der Waals surface area contributed by atoms with Gasteiger partial charge in [-0.15, -0.1) is 0 Å². The second kappa shape index (κ2) is 10.3. The average Bonchev–Trinajstić information content (AvgIpc) is 3.52. The van der Waals surface area contributed by atoms with Crippen LogP contribution in [-0.2, 0) is 11.3 Å². The lowest BCUT2D eigenvalue weighted by atomic mass is 10.1. The van der Waals surface area contributed by atoms with Crippen LogP contribution in [0.25, 0.3) is 22.6 Å². The Balaban J connectivity index is 1.53. The second-order valence-corrected chi connectivity index (χ2v) is 10.2. The minimum Gasteiger partial charge on any atom is -0.494 e. The van der Waals surface area contributed by atoms with Crippen LogP contribution >= 0.6 is 11.6 Å². The highest BCUT2D eigenvalue weighted by Crippen LogP contribution is 2.41. The van der Waals surface area contributed by atoms with Gasteiger partial charge in [0.1, 0.15) is 23.5 Å². The van der Waals surface area contributed by atoms with Crippen LogP contribution in [0.4, 0.5) is 0 Å². The third-order valence-electron chi connectivity index (χ3n) is 6.62. The summed E-state index contributed by atoms with van der Waals surface area (Å²) in [6, 6.07) is 14.8. The highest BCUT2D eigenvalue weighted by molar-refractivity contribution is 6.33. The van der Waals surface area contributed by atoms with Gasteiger partial charge in [0, 0.05) is 5.56 Å². The number of benzene rings is 2. The Kier molecular flexibility index (Phi) is 6.91. The van der Waals surface area contributed by atoms with Crippen molar-refractivity contribution in [2.45, 2.75) is 45.3 Å². The number of ether oxygens (including phenoxy) is 2. The molecule has 1 aliphatic rings. The highest BCUT2D eigenvalue weighted by Gasteiger charge is 2.41. The molecule has 194 valence electrons. The zero-order valence-corrected chi connectivity index (χ0v) is 21.8. The van der Waals surface area contributed by atoms with E-state index in [1.165, 1.54) is 6.33 Å². The molecule has 2 aromatic carbocycles. The van der Waals surface area contributed by atoms with E-state index in [-0.39, 0.29) is 12.2 Å². The van der Waals surface area contributed by atoms with Gasteiger partial charge in [-0.3, -0.25) is 4.79 Å². The summed E-state index contributed by atoms with van der Waals surface area (Å²) in [4.78, 5) is 24.8. The van der Waals surface area contributed by atoms with Gasteiger partial charge in [-0.25, -0.2) is 9.97 Å². The number of halogens is 1. The number of carboxylic acid groups (broad SMARTS) is 1. The lowest BCUT2D eigenvalue weighted by molar-refractivity contribution is -0.141. The minimum atomic E-state index is -0.858. The molecule has 1 N–H and O–H groups in total. The zero-order valence-electron chi connectivity index (χ0n) is 21.0. The number of carbonyl (C=O) groups is 1. The van der Waals surface area contributed by atoms with Crippen molar-refractivity contribution >= 4 is 28.7 Å². The van der Waals surface area contributed by atoms with Crippen molar-refractivity contribution in [3.8, 4) is 29.1 Å². The van der Waals surface area contributed by atoms with Crippen LogP contribution in [-0.4, -0.2) is 42.8 Å². The third kappa shape index (κ3) is 5.41. The molecule has 0 amide bonds. The first-order valence-corrected chi connectivity index (χ1v) is 12.7. The monoisotopic (exact) mass is 531 g/mol. The van der Waals surface area contributed by atoms with E-state index in [0.717, 1.165) is 18.4 Å². The SMILES string of the molecule is CC(CCOc1ccc(-c2nc3c(OC4(C)CC4)ncnc3n2Cc2cccc(C#N)c2)c(Cl)c1)C(=O)O. The van der Waals surface area contributed by atoms with Gasteiger partial charge >= 0.3 is 5.97 Å². The second-order valence-electron chi connectivity index (χ2n) is 9.75. The maximum atomic E-state index is 11.1. The molecule has 0 bridgehead atoms. The first-order chi connectivity index (χ1) is 18.3. The van der Waals surface area contributed by atoms with E-state index in [0.29, 0.717) is 57.7 Å². The standard InChI is InChI=1S/C28H26ClN5O4/c1-17(27(35)36)8-11-37-20-6-7-21(22(29)13-20)24-33-23-25(31-16-32-26(23)38-28(2)9-10-28)34(24)15-19-5-3-4-18(12-19)14-30/h3-7,12-13,16-17H,8-11,15H2,1-2H3,(H,35,36). The molecule has 1 atom stereocenters. The van der Waals surface area contributed by atoms with Crippen LogP contribution in [0, 0.1) is 17.2 Å². The number of nitriles is 1. The third-order valence-corrected chi connectivity index (χ3v) is 6.93. The molecule has 38 heavy (non-hydrogen) atoms. The molecule has 0 spiro atoms. The van der Waals surface area contributed by atoms with E-state index >= 15 is 0 Å². The van der Waals surface area contributed by atoms with Crippen LogP contribution in [0.3, 0.4) is 0 Å². The van der Waals surface area contributed by atoms with E-state index < -0.39 is 11.9 Å². The van der Waals surface area contributed by atoms with E-state index in [9.17, 15) is 10.1 Å². The topological polar surface area (TPSA) is 123 Å². The summed E-state index contributed by atoms with van der Waals surface area (Å²) in [6.07, 6.45) is 3.75. The molecule has 2 heterocycles. The molecule has 1 aliphatic carbocycles. The quantitative estimate of drug-likeness (QED) is 0.285. The fraction of sp³-hybridized carbons (Fsp3) is 0.321. The number of carboxylic acids is 1. The Hall–Kier alpha value is -4.16. The molecule has 10 heteroatoms. The van der Waals surface area contributed by atoms with E-state index in [4.69, 9.17) is 31.2 Å². The van der Waals surface area contributed by atoms with Gasteiger partial charge in [-0.1, -0.05) is 30.7 Å². The first kappa shape index (κ1) is 25.5. The van der Waals surface area contributed by atoms with Crippen molar-refractivity contribution in [1.29, 1.82) is 5.26 Å². The molecule has 0 radical (unpaired) electrons. The van der Waals surface area contributed by atoms with Crippen LogP contribution < -0.4 is 9.47 Å². The number of hydrogen-bond donors (Lipinski definition) is 1. The van der Waals surface area contributed by atoms with Gasteiger partial charge in [-0.2, -0.15) is 10.2 Å². The van der Waals surface area contributed by atoms with Crippen molar-refractivity contribution in [2.75, 3.05) is 6.61 Å². The summed E-state index contributed by atoms with van der Waals surface area (Å²) in [7, 11) is 0. The van der Waals surface area contributed by atoms with Crippen LogP contribution in [0.5, 0.6) is 11.6 Å². The first-order valence-electron chi connectivity index (χ1n) is 12.3. The fourth-order valence-electron chi connectivity index (χ4n) is 4.02. The highest BCUT2D eigenvalue weighted by atomic mass is 35.5. The molecule has 1 saturated carbocycles. The van der Waals surface area contributed by atoms with Gasteiger partial charge in [0.25, 0.3) is 0 Å². The van der Waals surface area contributed by atoms with Gasteiger partial charge in [-0.05, 0) is 62.1 Å². The van der Waals surface area contributed by atoms with Crippen LogP contribution in [0.15, 0.2) is 48.8 Å². The van der Waals surface area contributed by atoms with Crippen molar-refractivity contribution in [2.24, 2.45) is 5.92 Å². The number of rotatable bonds is 10. The number of aliphatic carboxylic acids is 1. The molecular weight excluding hydrogens is 506 g/mol. The summed E-state index contributed by atoms with van der Waals surface area (Å²) in [5.41, 5.74) is 3.01. The number of nitrogens with zero attached hydrogens (tertiary/aromatic N) is 5. The van der Waals surface area contributed by atoms with Crippen molar-refractivity contribution in [1.82, 2.24) is 19.5 Å². The van der Waals surface area contributed by atoms with Crippen LogP contribution in [0.2, 0.25) is 5.02 Å². The fourth-order valence-corrected chi connectivity index (χ4v) is 4.28. The smallest absolute Gasteiger partial charge is 0.306 e. The molecular formula is C28H26ClN5O4. The van der Waals surface area contributed by atoms with E-state index in [1.54, 1.807) is 25.1 Å². The van der Waals surface area contributed by atoms with Gasteiger partial charge < -0.3 is 19.1 Å². The molecule has 0 aliphatic heterocycles. The lowest BCUT2D eigenvalue weighted by Crippen LogP contribution is -2.13. The van der Waals surface area contributed by atoms with Crippen molar-refractivity contribution in [3.63, 3.8) is 0 Å². The Morgan fingerprint density at radius 3 is 2.79 bits per heavy atom. The number of imidazole rings is 1. The van der Waals surface area contributed by atoms with Gasteiger partial charge in [0.15, 0.2) is 11.2 Å². The van der Waals surface area contributed by atoms with Gasteiger partial charge in [0.05, 0.1) is 35.7 Å². The lowest BCUT2D eigenvalue weighted by Gasteiger charge is -2.13. The molecule has 1 fully saturated rings. The normalized spacial score (nSPS) is 14.6. The van der Waals surface area contributed by atoms with Crippen molar-refractivity contribution in [3.05, 3.63) is 64.9 Å². The Labute approximate surface area is 224 Å².